The Morgan fingerprint density at radius 3 is 2.18 bits per heavy atom. The van der Waals surface area contributed by atoms with Crippen molar-refractivity contribution < 1.29 is 9.90 Å². The van der Waals surface area contributed by atoms with Gasteiger partial charge in [-0.2, -0.15) is 0 Å². The zero-order valence-electron chi connectivity index (χ0n) is 5.54. The number of halogens is 2. The van der Waals surface area contributed by atoms with Gasteiger partial charge in [-0.3, -0.25) is 4.79 Å². The molecule has 0 unspecified atom stereocenters. The molecule has 0 aromatic carbocycles. The average molecular weight is 222 g/mol. The molecule has 0 amide bonds. The topological polar surface area (TPSA) is 50.2 Å². The van der Waals surface area contributed by atoms with Gasteiger partial charge in [-0.1, -0.05) is 0 Å². The molecule has 1 heterocycles. The summed E-state index contributed by atoms with van der Waals surface area (Å²) in [7, 11) is 0. The van der Waals surface area contributed by atoms with Gasteiger partial charge < -0.3 is 5.11 Å². The molecule has 1 aromatic rings. The number of rotatable bonds is 0. The molecule has 0 bridgehead atoms. The molecule has 0 aliphatic rings. The third kappa shape index (κ3) is 4.30. The first-order chi connectivity index (χ1) is 5.13. The van der Waals surface area contributed by atoms with Crippen molar-refractivity contribution in [2.24, 2.45) is 0 Å². The van der Waals surface area contributed by atoms with E-state index in [1.54, 1.807) is 0 Å². The monoisotopic (exact) mass is 221 g/mol. The van der Waals surface area contributed by atoms with Crippen LogP contribution in [0.3, 0.4) is 0 Å². The molecule has 0 aliphatic carbocycles. The van der Waals surface area contributed by atoms with E-state index in [1.807, 2.05) is 0 Å². The van der Waals surface area contributed by atoms with Gasteiger partial charge in [0.15, 0.2) is 0 Å². The SMILES string of the molecule is O=CO.[Na][c]1snc(Cl)c1Cl. The van der Waals surface area contributed by atoms with Crippen LogP contribution in [-0.2, 0) is 4.79 Å². The van der Waals surface area contributed by atoms with Crippen LogP contribution >= 0.6 is 34.7 Å². The second-order valence-corrected chi connectivity index (χ2v) is 4.89. The molecule has 0 atom stereocenters. The standard InChI is InChI=1S/C3Cl2NS.CH2O2.Na/c4-2-1-7-6-3(2)5;2-1-3;/h;1H,(H,2,3);. The molecule has 0 saturated heterocycles. The fourth-order valence-corrected chi connectivity index (χ4v) is 1.99. The molecule has 1 N–H and O–H groups in total. The third-order valence-electron chi connectivity index (χ3n) is 0.753. The number of aromatic nitrogens is 1. The molecular formula is C4H2Cl2NNaO2S. The van der Waals surface area contributed by atoms with Crippen LogP contribution in [0, 0.1) is 0 Å². The van der Waals surface area contributed by atoms with Crippen LogP contribution in [0.4, 0.5) is 0 Å². The molecule has 1 aromatic heterocycles. The van der Waals surface area contributed by atoms with E-state index in [-0.39, 0.29) is 6.47 Å². The van der Waals surface area contributed by atoms with E-state index in [2.05, 4.69) is 4.37 Å². The van der Waals surface area contributed by atoms with E-state index >= 15 is 0 Å². The van der Waals surface area contributed by atoms with E-state index in [9.17, 15) is 0 Å². The first-order valence-electron chi connectivity index (χ1n) is 2.48. The summed E-state index contributed by atoms with van der Waals surface area (Å²) in [5.41, 5.74) is 0. The van der Waals surface area contributed by atoms with Crippen molar-refractivity contribution in [2.45, 2.75) is 0 Å². The van der Waals surface area contributed by atoms with Crippen molar-refractivity contribution >= 4 is 71.3 Å². The normalized spacial score (nSPS) is 8.36. The van der Waals surface area contributed by atoms with Crippen molar-refractivity contribution in [3.05, 3.63) is 10.2 Å². The Morgan fingerprint density at radius 2 is 2.09 bits per heavy atom. The quantitative estimate of drug-likeness (QED) is 0.525. The van der Waals surface area contributed by atoms with Crippen LogP contribution in [0.25, 0.3) is 0 Å². The number of hydrogen-bond donors (Lipinski definition) is 1. The fourth-order valence-electron chi connectivity index (χ4n) is 0.334. The van der Waals surface area contributed by atoms with Gasteiger partial charge in [0.1, 0.15) is 0 Å². The Hall–Kier alpha value is 0.680. The first kappa shape index (κ1) is 11.7. The molecular weight excluding hydrogens is 220 g/mol. The molecule has 0 spiro atoms. The molecule has 0 radical (unpaired) electrons. The van der Waals surface area contributed by atoms with E-state index in [0.717, 1.165) is 30.1 Å². The Kier molecular flexibility index (Phi) is 6.61. The van der Waals surface area contributed by atoms with Gasteiger partial charge in [0, 0.05) is 0 Å². The molecule has 3 nitrogen and oxygen atoms in total. The van der Waals surface area contributed by atoms with Crippen molar-refractivity contribution in [1.82, 2.24) is 4.37 Å². The second kappa shape index (κ2) is 6.22. The average Bonchev–Trinajstić information content (AvgIpc) is 2.22. The Labute approximate surface area is 94.9 Å². The third-order valence-corrected chi connectivity index (χ3v) is 3.91. The summed E-state index contributed by atoms with van der Waals surface area (Å²) in [5.74, 6) is 0. The predicted octanol–water partition coefficient (Wildman–Crippen LogP) is 0.945. The van der Waals surface area contributed by atoms with E-state index < -0.39 is 0 Å². The van der Waals surface area contributed by atoms with Gasteiger partial charge in [-0.15, -0.1) is 0 Å². The Morgan fingerprint density at radius 1 is 1.64 bits per heavy atom. The number of hydrogen-bond acceptors (Lipinski definition) is 3. The minimum absolute atomic E-state index is 0.250. The van der Waals surface area contributed by atoms with Crippen LogP contribution in [0.2, 0.25) is 10.2 Å². The van der Waals surface area contributed by atoms with Crippen molar-refractivity contribution in [3.8, 4) is 0 Å². The predicted molar refractivity (Wildman–Crippen MR) is 46.2 cm³/mol. The van der Waals surface area contributed by atoms with Crippen LogP contribution in [0.1, 0.15) is 0 Å². The van der Waals surface area contributed by atoms with Gasteiger partial charge in [0.05, 0.1) is 0 Å². The number of nitrogens with zero attached hydrogens (tertiary/aromatic N) is 1. The minimum atomic E-state index is -0.250. The molecule has 0 aliphatic heterocycles. The zero-order chi connectivity index (χ0) is 8.85. The molecule has 0 fully saturated rings. The molecule has 1 rings (SSSR count). The van der Waals surface area contributed by atoms with Crippen molar-refractivity contribution in [1.29, 1.82) is 0 Å². The van der Waals surface area contributed by atoms with Crippen molar-refractivity contribution in [3.63, 3.8) is 0 Å². The molecule has 7 heteroatoms. The summed E-state index contributed by atoms with van der Waals surface area (Å²) in [5, 5.41) is 7.98. The second-order valence-electron chi connectivity index (χ2n) is 1.45. The van der Waals surface area contributed by atoms with Gasteiger partial charge in [0.2, 0.25) is 0 Å². The fraction of sp³-hybridized carbons (Fsp3) is 0. The number of carbonyl (C=O) groups is 1. The summed E-state index contributed by atoms with van der Waals surface area (Å²) in [4.78, 5) is 8.36. The van der Waals surface area contributed by atoms with Crippen LogP contribution in [0.15, 0.2) is 0 Å². The Balaban J connectivity index is 0.000000292. The maximum absolute atomic E-state index is 8.36. The maximum atomic E-state index is 8.36. The summed E-state index contributed by atoms with van der Waals surface area (Å²) >= 11 is 13.5. The Bertz CT molecular complexity index is 222. The van der Waals surface area contributed by atoms with Crippen LogP contribution in [0.5, 0.6) is 0 Å². The van der Waals surface area contributed by atoms with Crippen LogP contribution in [-0.4, -0.2) is 43.9 Å². The summed E-state index contributed by atoms with van der Waals surface area (Å²) in [6, 6.07) is 0. The summed E-state index contributed by atoms with van der Waals surface area (Å²) in [6.07, 6.45) is 0. The molecule has 56 valence electrons. The zero-order valence-corrected chi connectivity index (χ0v) is 9.87. The number of carboxylic acid groups (broad SMARTS) is 1. The van der Waals surface area contributed by atoms with Crippen molar-refractivity contribution in [2.75, 3.05) is 0 Å². The van der Waals surface area contributed by atoms with Gasteiger partial charge in [-0.25, -0.2) is 0 Å². The van der Waals surface area contributed by atoms with E-state index in [4.69, 9.17) is 33.1 Å². The summed E-state index contributed by atoms with van der Waals surface area (Å²) < 4.78 is 4.93. The van der Waals surface area contributed by atoms with E-state index in [1.165, 1.54) is 11.5 Å². The van der Waals surface area contributed by atoms with Gasteiger partial charge in [-0.05, 0) is 0 Å². The first-order valence-corrected chi connectivity index (χ1v) is 5.01. The van der Waals surface area contributed by atoms with Gasteiger partial charge in [0.25, 0.3) is 6.47 Å². The summed E-state index contributed by atoms with van der Waals surface area (Å²) in [6.45, 7) is -0.250. The molecule has 0 saturated carbocycles. The van der Waals surface area contributed by atoms with E-state index in [0.29, 0.717) is 10.2 Å². The molecule has 11 heavy (non-hydrogen) atoms. The van der Waals surface area contributed by atoms with Gasteiger partial charge >= 0.3 is 79.3 Å². The van der Waals surface area contributed by atoms with Crippen LogP contribution < -0.4 is 2.13 Å².